The fourth-order valence-corrected chi connectivity index (χ4v) is 3.35. The standard InChI is InChI=1S/C19H17BrClN3O3/c1-3-24-15-6-4-12(20)9-14(15)18(19(24)26)23-22-17(25)10-27-16-7-5-13(21)8-11(16)2/h4-9,26H,3,10H2,1-2H3. The fourth-order valence-electron chi connectivity index (χ4n) is 2.76. The molecule has 1 N–H and O–H groups in total. The first kappa shape index (κ1) is 19.4. The third kappa shape index (κ3) is 4.14. The van der Waals surface area contributed by atoms with Crippen molar-refractivity contribution in [3.8, 4) is 11.6 Å². The highest BCUT2D eigenvalue weighted by Crippen LogP contribution is 2.40. The maximum absolute atomic E-state index is 12.0. The van der Waals surface area contributed by atoms with Crippen molar-refractivity contribution >= 4 is 50.0 Å². The number of carbonyl (C=O) groups is 1. The minimum absolute atomic E-state index is 0.0309. The predicted molar refractivity (Wildman–Crippen MR) is 108 cm³/mol. The maximum Gasteiger partial charge on any atom is 0.302 e. The molecule has 0 atom stereocenters. The van der Waals surface area contributed by atoms with Gasteiger partial charge in [0.15, 0.2) is 12.3 Å². The van der Waals surface area contributed by atoms with Crippen molar-refractivity contribution in [1.29, 1.82) is 0 Å². The number of hydrogen-bond acceptors (Lipinski definition) is 4. The van der Waals surface area contributed by atoms with E-state index >= 15 is 0 Å². The summed E-state index contributed by atoms with van der Waals surface area (Å²) >= 11 is 9.31. The van der Waals surface area contributed by atoms with Gasteiger partial charge < -0.3 is 14.4 Å². The normalized spacial score (nSPS) is 11.4. The van der Waals surface area contributed by atoms with E-state index in [1.54, 1.807) is 22.8 Å². The maximum atomic E-state index is 12.0. The van der Waals surface area contributed by atoms with Crippen molar-refractivity contribution < 1.29 is 14.6 Å². The van der Waals surface area contributed by atoms with Crippen LogP contribution in [-0.2, 0) is 11.3 Å². The number of carbonyl (C=O) groups excluding carboxylic acids is 1. The monoisotopic (exact) mass is 449 g/mol. The summed E-state index contributed by atoms with van der Waals surface area (Å²) in [5.74, 6) is -0.0370. The minimum atomic E-state index is -0.559. The van der Waals surface area contributed by atoms with Crippen LogP contribution in [0.5, 0.6) is 11.6 Å². The van der Waals surface area contributed by atoms with Gasteiger partial charge in [-0.1, -0.05) is 27.5 Å². The smallest absolute Gasteiger partial charge is 0.302 e. The summed E-state index contributed by atoms with van der Waals surface area (Å²) in [4.78, 5) is 12.0. The van der Waals surface area contributed by atoms with Crippen molar-refractivity contribution in [2.45, 2.75) is 20.4 Å². The average Bonchev–Trinajstić information content (AvgIpc) is 2.89. The quantitative estimate of drug-likeness (QED) is 0.501. The van der Waals surface area contributed by atoms with E-state index in [-0.39, 0.29) is 18.2 Å². The molecule has 0 aliphatic carbocycles. The molecule has 0 aliphatic rings. The number of aromatic nitrogens is 1. The minimum Gasteiger partial charge on any atom is -0.493 e. The number of azo groups is 1. The predicted octanol–water partition coefficient (Wildman–Crippen LogP) is 5.78. The summed E-state index contributed by atoms with van der Waals surface area (Å²) in [5, 5.41) is 19.4. The Bertz CT molecular complexity index is 1050. The lowest BCUT2D eigenvalue weighted by molar-refractivity contribution is -0.120. The first-order chi connectivity index (χ1) is 12.9. The average molecular weight is 451 g/mol. The summed E-state index contributed by atoms with van der Waals surface area (Å²) in [5.41, 5.74) is 1.89. The Labute approximate surface area is 169 Å². The molecule has 27 heavy (non-hydrogen) atoms. The zero-order valence-corrected chi connectivity index (χ0v) is 17.1. The molecule has 1 aromatic heterocycles. The second kappa shape index (κ2) is 8.10. The topological polar surface area (TPSA) is 76.2 Å². The molecule has 140 valence electrons. The molecule has 6 nitrogen and oxygen atoms in total. The summed E-state index contributed by atoms with van der Waals surface area (Å²) in [7, 11) is 0. The lowest BCUT2D eigenvalue weighted by atomic mass is 10.2. The molecule has 8 heteroatoms. The van der Waals surface area contributed by atoms with E-state index in [2.05, 4.69) is 26.2 Å². The van der Waals surface area contributed by atoms with Crippen LogP contribution >= 0.6 is 27.5 Å². The molecule has 3 rings (SSSR count). The molecule has 3 aromatic rings. The SMILES string of the molecule is CCn1c(O)c(N=NC(=O)COc2ccc(Cl)cc2C)c2cc(Br)ccc21. The second-order valence-electron chi connectivity index (χ2n) is 5.87. The van der Waals surface area contributed by atoms with Gasteiger partial charge in [-0.3, -0.25) is 4.79 Å². The number of aryl methyl sites for hydroxylation is 2. The summed E-state index contributed by atoms with van der Waals surface area (Å²) in [6.07, 6.45) is 0. The molecule has 0 saturated heterocycles. The summed E-state index contributed by atoms with van der Waals surface area (Å²) in [6, 6.07) is 10.7. The molecular weight excluding hydrogens is 434 g/mol. The summed E-state index contributed by atoms with van der Waals surface area (Å²) in [6.45, 7) is 4.05. The van der Waals surface area contributed by atoms with E-state index < -0.39 is 5.91 Å². The number of nitrogens with zero attached hydrogens (tertiary/aromatic N) is 3. The Morgan fingerprint density at radius 1 is 1.30 bits per heavy atom. The van der Waals surface area contributed by atoms with Gasteiger partial charge in [0.1, 0.15) is 5.75 Å². The zero-order valence-electron chi connectivity index (χ0n) is 14.7. The number of amides is 1. The fraction of sp³-hybridized carbons (Fsp3) is 0.211. The Morgan fingerprint density at radius 2 is 2.07 bits per heavy atom. The third-order valence-electron chi connectivity index (χ3n) is 4.04. The van der Waals surface area contributed by atoms with Crippen molar-refractivity contribution in [3.05, 3.63) is 51.5 Å². The van der Waals surface area contributed by atoms with Crippen LogP contribution in [0.4, 0.5) is 5.69 Å². The van der Waals surface area contributed by atoms with E-state index in [9.17, 15) is 9.90 Å². The van der Waals surface area contributed by atoms with E-state index in [0.29, 0.717) is 22.7 Å². The van der Waals surface area contributed by atoms with Gasteiger partial charge in [0.05, 0.1) is 5.52 Å². The number of fused-ring (bicyclic) bond motifs is 1. The summed E-state index contributed by atoms with van der Waals surface area (Å²) < 4.78 is 8.01. The molecule has 1 heterocycles. The number of halogens is 2. The van der Waals surface area contributed by atoms with Gasteiger partial charge in [-0.05, 0) is 55.8 Å². The molecular formula is C19H17BrClN3O3. The molecule has 0 bridgehead atoms. The Morgan fingerprint density at radius 3 is 2.78 bits per heavy atom. The zero-order chi connectivity index (χ0) is 19.6. The van der Waals surface area contributed by atoms with Gasteiger partial charge in [0, 0.05) is 21.4 Å². The molecule has 0 radical (unpaired) electrons. The molecule has 0 saturated carbocycles. The Balaban J connectivity index is 1.80. The van der Waals surface area contributed by atoms with Crippen LogP contribution in [0.15, 0.2) is 51.1 Å². The molecule has 0 unspecified atom stereocenters. The van der Waals surface area contributed by atoms with E-state index in [0.717, 1.165) is 15.6 Å². The highest BCUT2D eigenvalue weighted by molar-refractivity contribution is 9.10. The Kier molecular flexibility index (Phi) is 5.82. The van der Waals surface area contributed by atoms with Crippen LogP contribution in [0.2, 0.25) is 5.02 Å². The van der Waals surface area contributed by atoms with Gasteiger partial charge >= 0.3 is 5.91 Å². The van der Waals surface area contributed by atoms with Crippen LogP contribution in [0, 0.1) is 6.92 Å². The van der Waals surface area contributed by atoms with Gasteiger partial charge in [0.2, 0.25) is 5.88 Å². The van der Waals surface area contributed by atoms with Crippen molar-refractivity contribution in [1.82, 2.24) is 4.57 Å². The van der Waals surface area contributed by atoms with E-state index in [1.165, 1.54) is 0 Å². The van der Waals surface area contributed by atoms with Crippen molar-refractivity contribution in [2.75, 3.05) is 6.61 Å². The number of rotatable bonds is 5. The van der Waals surface area contributed by atoms with Crippen LogP contribution in [0.3, 0.4) is 0 Å². The van der Waals surface area contributed by atoms with E-state index in [1.807, 2.05) is 32.0 Å². The highest BCUT2D eigenvalue weighted by atomic mass is 79.9. The lowest BCUT2D eigenvalue weighted by Gasteiger charge is -2.06. The van der Waals surface area contributed by atoms with Crippen LogP contribution in [-0.4, -0.2) is 22.2 Å². The highest BCUT2D eigenvalue weighted by Gasteiger charge is 2.16. The van der Waals surface area contributed by atoms with Crippen molar-refractivity contribution in [3.63, 3.8) is 0 Å². The lowest BCUT2D eigenvalue weighted by Crippen LogP contribution is -2.08. The largest absolute Gasteiger partial charge is 0.493 e. The van der Waals surface area contributed by atoms with Crippen molar-refractivity contribution in [2.24, 2.45) is 10.2 Å². The third-order valence-corrected chi connectivity index (χ3v) is 4.77. The van der Waals surface area contributed by atoms with Gasteiger partial charge in [-0.25, -0.2) is 0 Å². The van der Waals surface area contributed by atoms with Crippen LogP contribution in [0.25, 0.3) is 10.9 Å². The van der Waals surface area contributed by atoms with Gasteiger partial charge in [-0.15, -0.1) is 10.2 Å². The van der Waals surface area contributed by atoms with Gasteiger partial charge in [0.25, 0.3) is 0 Å². The number of benzene rings is 2. The first-order valence-corrected chi connectivity index (χ1v) is 9.42. The Hall–Kier alpha value is -2.38. The molecule has 0 spiro atoms. The number of ether oxygens (including phenoxy) is 1. The second-order valence-corrected chi connectivity index (χ2v) is 7.22. The van der Waals surface area contributed by atoms with Gasteiger partial charge in [-0.2, -0.15) is 0 Å². The van der Waals surface area contributed by atoms with Crippen LogP contribution in [0.1, 0.15) is 12.5 Å². The molecule has 2 aromatic carbocycles. The molecule has 0 fully saturated rings. The number of aromatic hydroxyl groups is 1. The first-order valence-electron chi connectivity index (χ1n) is 8.25. The van der Waals surface area contributed by atoms with E-state index in [4.69, 9.17) is 16.3 Å². The molecule has 1 amide bonds. The molecule has 0 aliphatic heterocycles. The number of hydrogen-bond donors (Lipinski definition) is 1. The van der Waals surface area contributed by atoms with Crippen LogP contribution < -0.4 is 4.74 Å².